The van der Waals surface area contributed by atoms with Crippen LogP contribution in [0.1, 0.15) is 19.4 Å². The van der Waals surface area contributed by atoms with Crippen molar-refractivity contribution in [1.29, 1.82) is 0 Å². The zero-order valence-electron chi connectivity index (χ0n) is 11.8. The molecule has 2 radical (unpaired) electrons. The molecule has 0 aromatic heterocycles. The van der Waals surface area contributed by atoms with Gasteiger partial charge in [-0.2, -0.15) is 0 Å². The van der Waals surface area contributed by atoms with Crippen LogP contribution in [0.2, 0.25) is 0 Å². The van der Waals surface area contributed by atoms with Gasteiger partial charge < -0.3 is 0 Å². The molecule has 0 N–H and O–H groups in total. The summed E-state index contributed by atoms with van der Waals surface area (Å²) in [5.74, 6) is 0. The molecular formula is C17H22NSb+4. The molecule has 0 spiro atoms. The SMILES string of the molecule is CC[N+](CC)(Cc1ccccc1)c1ccccc1.[Sb+3]. The summed E-state index contributed by atoms with van der Waals surface area (Å²) in [6.07, 6.45) is 0. The van der Waals surface area contributed by atoms with Crippen molar-refractivity contribution in [2.24, 2.45) is 0 Å². The van der Waals surface area contributed by atoms with Gasteiger partial charge in [0, 0.05) is 5.56 Å². The number of rotatable bonds is 5. The summed E-state index contributed by atoms with van der Waals surface area (Å²) >= 11 is 0. The standard InChI is InChI=1S/C17H22N.Sb/c1-3-18(4-2,17-13-9-6-10-14-17)15-16-11-7-5-8-12-16;/h5-14H,3-4,15H2,1-2H3;/q+1;+3. The molecule has 0 saturated carbocycles. The van der Waals surface area contributed by atoms with Crippen LogP contribution in [0.5, 0.6) is 0 Å². The minimum absolute atomic E-state index is 0. The Kier molecular flexibility index (Phi) is 6.61. The summed E-state index contributed by atoms with van der Waals surface area (Å²) in [5, 5.41) is 0. The Morgan fingerprint density at radius 2 is 1.21 bits per heavy atom. The Labute approximate surface area is 134 Å². The van der Waals surface area contributed by atoms with Crippen LogP contribution in [-0.2, 0) is 6.54 Å². The van der Waals surface area contributed by atoms with Gasteiger partial charge in [-0.1, -0.05) is 48.5 Å². The molecule has 1 nitrogen and oxygen atoms in total. The van der Waals surface area contributed by atoms with Crippen molar-refractivity contribution in [2.75, 3.05) is 13.1 Å². The summed E-state index contributed by atoms with van der Waals surface area (Å²) in [7, 11) is 0. The maximum Gasteiger partial charge on any atom is 3.00 e. The van der Waals surface area contributed by atoms with E-state index >= 15 is 0 Å². The van der Waals surface area contributed by atoms with Gasteiger partial charge in [0.1, 0.15) is 12.2 Å². The maximum atomic E-state index is 2.28. The van der Waals surface area contributed by atoms with Gasteiger partial charge in [0.2, 0.25) is 0 Å². The molecule has 0 atom stereocenters. The van der Waals surface area contributed by atoms with Crippen molar-refractivity contribution in [3.8, 4) is 0 Å². The smallest absolute Gasteiger partial charge is 0.288 e. The second-order valence-corrected chi connectivity index (χ2v) is 4.76. The second-order valence-electron chi connectivity index (χ2n) is 4.76. The Hall–Kier alpha value is -0.782. The van der Waals surface area contributed by atoms with Crippen LogP contribution in [-0.4, -0.2) is 37.5 Å². The first kappa shape index (κ1) is 16.3. The first-order chi connectivity index (χ1) is 8.80. The van der Waals surface area contributed by atoms with Gasteiger partial charge in [0.15, 0.2) is 0 Å². The molecule has 0 saturated heterocycles. The van der Waals surface area contributed by atoms with Gasteiger partial charge in [-0.15, -0.1) is 0 Å². The molecule has 0 aliphatic heterocycles. The van der Waals surface area contributed by atoms with E-state index in [1.165, 1.54) is 11.3 Å². The largest absolute Gasteiger partial charge is 3.00 e. The summed E-state index contributed by atoms with van der Waals surface area (Å²) in [5.41, 5.74) is 2.82. The fourth-order valence-corrected chi connectivity index (χ4v) is 2.58. The fraction of sp³-hybridized carbons (Fsp3) is 0.294. The predicted octanol–water partition coefficient (Wildman–Crippen LogP) is 3.85. The van der Waals surface area contributed by atoms with E-state index in [1.54, 1.807) is 0 Å². The third-order valence-electron chi connectivity index (χ3n) is 3.84. The maximum absolute atomic E-state index is 2.28. The minimum atomic E-state index is 0. The van der Waals surface area contributed by atoms with Crippen LogP contribution in [0.15, 0.2) is 60.7 Å². The minimum Gasteiger partial charge on any atom is -0.288 e. The summed E-state index contributed by atoms with van der Waals surface area (Å²) in [4.78, 5) is 0. The van der Waals surface area contributed by atoms with Crippen molar-refractivity contribution < 1.29 is 0 Å². The van der Waals surface area contributed by atoms with Gasteiger partial charge in [-0.3, -0.25) is 4.48 Å². The molecular weight excluding hydrogens is 340 g/mol. The molecule has 0 fully saturated rings. The van der Waals surface area contributed by atoms with Crippen molar-refractivity contribution in [2.45, 2.75) is 20.4 Å². The van der Waals surface area contributed by atoms with Gasteiger partial charge in [0.05, 0.1) is 13.1 Å². The zero-order valence-corrected chi connectivity index (χ0v) is 14.3. The van der Waals surface area contributed by atoms with Crippen LogP contribution in [0.4, 0.5) is 5.69 Å². The average molecular weight is 362 g/mol. The first-order valence-corrected chi connectivity index (χ1v) is 6.76. The number of benzene rings is 2. The first-order valence-electron chi connectivity index (χ1n) is 6.76. The van der Waals surface area contributed by atoms with Gasteiger partial charge >= 0.3 is 24.4 Å². The normalized spacial score (nSPS) is 10.8. The van der Waals surface area contributed by atoms with Crippen molar-refractivity contribution in [3.05, 3.63) is 66.2 Å². The number of hydrogen-bond acceptors (Lipinski definition) is 0. The van der Waals surface area contributed by atoms with Crippen LogP contribution in [0, 0.1) is 0 Å². The van der Waals surface area contributed by atoms with E-state index in [9.17, 15) is 0 Å². The van der Waals surface area contributed by atoms with E-state index in [0.29, 0.717) is 0 Å². The van der Waals surface area contributed by atoms with E-state index in [0.717, 1.165) is 24.1 Å². The Morgan fingerprint density at radius 3 is 1.68 bits per heavy atom. The summed E-state index contributed by atoms with van der Waals surface area (Å²) in [6, 6.07) is 21.6. The Bertz CT molecular complexity index is 463. The van der Waals surface area contributed by atoms with Crippen molar-refractivity contribution >= 4 is 30.1 Å². The van der Waals surface area contributed by atoms with E-state index < -0.39 is 0 Å². The Balaban J connectivity index is 0.00000180. The predicted molar refractivity (Wildman–Crippen MR) is 85.2 cm³/mol. The van der Waals surface area contributed by atoms with Gasteiger partial charge in [0.25, 0.3) is 0 Å². The van der Waals surface area contributed by atoms with Gasteiger partial charge in [-0.25, -0.2) is 0 Å². The quantitative estimate of drug-likeness (QED) is 0.560. The van der Waals surface area contributed by atoms with E-state index in [2.05, 4.69) is 74.5 Å². The fourth-order valence-electron chi connectivity index (χ4n) is 2.58. The summed E-state index contributed by atoms with van der Waals surface area (Å²) < 4.78 is 1.02. The topological polar surface area (TPSA) is 0 Å². The van der Waals surface area contributed by atoms with Crippen LogP contribution in [0.3, 0.4) is 0 Å². The average Bonchev–Trinajstić information content (AvgIpc) is 2.47. The third kappa shape index (κ3) is 3.84. The monoisotopic (exact) mass is 361 g/mol. The number of nitrogens with zero attached hydrogens (tertiary/aromatic N) is 1. The Morgan fingerprint density at radius 1 is 0.737 bits per heavy atom. The number of hydrogen-bond donors (Lipinski definition) is 0. The van der Waals surface area contributed by atoms with Crippen LogP contribution in [0.25, 0.3) is 0 Å². The second kappa shape index (κ2) is 7.72. The van der Waals surface area contributed by atoms with Crippen LogP contribution < -0.4 is 4.48 Å². The molecule has 0 bridgehead atoms. The third-order valence-corrected chi connectivity index (χ3v) is 3.84. The van der Waals surface area contributed by atoms with Crippen LogP contribution >= 0.6 is 0 Å². The molecule has 0 aliphatic rings. The van der Waals surface area contributed by atoms with E-state index in [-0.39, 0.29) is 24.4 Å². The molecule has 19 heavy (non-hydrogen) atoms. The molecule has 2 rings (SSSR count). The number of quaternary nitrogens is 1. The van der Waals surface area contributed by atoms with Gasteiger partial charge in [-0.05, 0) is 26.0 Å². The summed E-state index contributed by atoms with van der Waals surface area (Å²) in [6.45, 7) is 7.86. The molecule has 2 heteroatoms. The molecule has 0 heterocycles. The molecule has 2 aromatic carbocycles. The number of para-hydroxylation sites is 1. The van der Waals surface area contributed by atoms with E-state index in [1.807, 2.05) is 0 Å². The molecule has 0 aliphatic carbocycles. The van der Waals surface area contributed by atoms with E-state index in [4.69, 9.17) is 0 Å². The molecule has 2 aromatic rings. The van der Waals surface area contributed by atoms with Crippen molar-refractivity contribution in [3.63, 3.8) is 0 Å². The molecule has 96 valence electrons. The van der Waals surface area contributed by atoms with Crippen molar-refractivity contribution in [1.82, 2.24) is 4.48 Å². The molecule has 0 amide bonds. The molecule has 0 unspecified atom stereocenters. The zero-order chi connectivity index (χ0) is 12.8.